The second-order valence-corrected chi connectivity index (χ2v) is 7.17. The van der Waals surface area contributed by atoms with Crippen LogP contribution < -0.4 is 0 Å². The van der Waals surface area contributed by atoms with E-state index < -0.39 is 0 Å². The summed E-state index contributed by atoms with van der Waals surface area (Å²) in [7, 11) is 0. The van der Waals surface area contributed by atoms with Crippen LogP contribution in [0.4, 0.5) is 0 Å². The van der Waals surface area contributed by atoms with Gasteiger partial charge in [-0.15, -0.1) is 0 Å². The topological polar surface area (TPSA) is 41.4 Å². The van der Waals surface area contributed by atoms with Crippen molar-refractivity contribution in [2.45, 2.75) is 25.9 Å². The molecule has 2 heterocycles. The zero-order valence-corrected chi connectivity index (χ0v) is 15.6. The molecular formula is C22H26N4O. The van der Waals surface area contributed by atoms with Crippen molar-refractivity contribution in [3.8, 4) is 0 Å². The van der Waals surface area contributed by atoms with E-state index in [1.807, 2.05) is 29.4 Å². The lowest BCUT2D eigenvalue weighted by atomic mass is 10.2. The summed E-state index contributed by atoms with van der Waals surface area (Å²) in [6.07, 6.45) is 3.40. The summed E-state index contributed by atoms with van der Waals surface area (Å²) in [6.45, 7) is 5.30. The van der Waals surface area contributed by atoms with Crippen LogP contribution in [-0.4, -0.2) is 51.4 Å². The molecule has 0 bridgehead atoms. The molecule has 1 amide bonds. The van der Waals surface area contributed by atoms with Gasteiger partial charge in [0.25, 0.3) is 0 Å². The molecule has 1 aliphatic heterocycles. The largest absolute Gasteiger partial charge is 0.341 e. The van der Waals surface area contributed by atoms with Gasteiger partial charge >= 0.3 is 0 Å². The van der Waals surface area contributed by atoms with Gasteiger partial charge in [0.05, 0.1) is 17.4 Å². The number of fused-ring (bicyclic) bond motifs is 1. The molecule has 2 aromatic carbocycles. The van der Waals surface area contributed by atoms with Crippen LogP contribution in [0.1, 0.15) is 18.4 Å². The maximum Gasteiger partial charge on any atom is 0.224 e. The number of carbonyl (C=O) groups is 1. The van der Waals surface area contributed by atoms with Gasteiger partial charge in [0.15, 0.2) is 0 Å². The molecule has 3 aromatic rings. The number of imidazole rings is 1. The van der Waals surface area contributed by atoms with E-state index in [9.17, 15) is 4.79 Å². The molecular weight excluding hydrogens is 336 g/mol. The summed E-state index contributed by atoms with van der Waals surface area (Å²) in [5.74, 6) is 0.245. The average molecular weight is 362 g/mol. The van der Waals surface area contributed by atoms with Crippen LogP contribution in [-0.2, 0) is 17.9 Å². The van der Waals surface area contributed by atoms with Crippen LogP contribution >= 0.6 is 0 Å². The molecule has 0 atom stereocenters. The molecule has 1 aromatic heterocycles. The molecule has 0 saturated carbocycles. The fourth-order valence-corrected chi connectivity index (χ4v) is 3.78. The minimum absolute atomic E-state index is 0.245. The number of hydrogen-bond acceptors (Lipinski definition) is 3. The maximum absolute atomic E-state index is 12.7. The van der Waals surface area contributed by atoms with Crippen LogP contribution in [0.15, 0.2) is 60.9 Å². The molecule has 5 heteroatoms. The van der Waals surface area contributed by atoms with E-state index in [1.165, 1.54) is 5.56 Å². The Morgan fingerprint density at radius 1 is 0.926 bits per heavy atom. The molecule has 0 N–H and O–H groups in total. The number of nitrogens with zero attached hydrogens (tertiary/aromatic N) is 4. The highest BCUT2D eigenvalue weighted by molar-refractivity contribution is 5.77. The van der Waals surface area contributed by atoms with Crippen molar-refractivity contribution < 1.29 is 4.79 Å². The Balaban J connectivity index is 1.30. The number of hydrogen-bond donors (Lipinski definition) is 0. The van der Waals surface area contributed by atoms with Gasteiger partial charge in [0.1, 0.15) is 0 Å². The zero-order valence-electron chi connectivity index (χ0n) is 15.6. The number of aryl methyl sites for hydroxylation is 1. The minimum atomic E-state index is 0.245. The van der Waals surface area contributed by atoms with Crippen molar-refractivity contribution in [2.24, 2.45) is 0 Å². The van der Waals surface area contributed by atoms with E-state index in [1.54, 1.807) is 0 Å². The fourth-order valence-electron chi connectivity index (χ4n) is 3.78. The summed E-state index contributed by atoms with van der Waals surface area (Å²) in [5.41, 5.74) is 3.41. The Labute approximate surface area is 160 Å². The molecule has 0 aliphatic carbocycles. The van der Waals surface area contributed by atoms with Gasteiger partial charge in [-0.1, -0.05) is 42.5 Å². The SMILES string of the molecule is O=C(CCn1cnc2ccccc21)N1CCCN(Cc2ccccc2)CC1. The normalized spacial score (nSPS) is 15.8. The number of amides is 1. The zero-order chi connectivity index (χ0) is 18.5. The third-order valence-corrected chi connectivity index (χ3v) is 5.28. The van der Waals surface area contributed by atoms with Gasteiger partial charge in [0, 0.05) is 45.7 Å². The van der Waals surface area contributed by atoms with E-state index in [0.717, 1.165) is 50.2 Å². The standard InChI is InChI=1S/C22H26N4O/c27-22(11-14-26-18-23-20-9-4-5-10-21(20)26)25-13-6-12-24(15-16-25)17-19-7-2-1-3-8-19/h1-5,7-10,18H,6,11-17H2. The fraction of sp³-hybridized carbons (Fsp3) is 0.364. The molecule has 5 nitrogen and oxygen atoms in total. The molecule has 4 rings (SSSR count). The molecule has 1 aliphatic rings. The van der Waals surface area contributed by atoms with E-state index in [-0.39, 0.29) is 5.91 Å². The predicted octanol–water partition coefficient (Wildman–Crippen LogP) is 3.16. The summed E-state index contributed by atoms with van der Waals surface area (Å²) in [6, 6.07) is 18.6. The van der Waals surface area contributed by atoms with Crippen LogP contribution in [0.25, 0.3) is 11.0 Å². The first-order chi connectivity index (χ1) is 13.3. The van der Waals surface area contributed by atoms with Crippen LogP contribution in [0, 0.1) is 0 Å². The van der Waals surface area contributed by atoms with Gasteiger partial charge in [-0.05, 0) is 24.1 Å². The first-order valence-corrected chi connectivity index (χ1v) is 9.73. The van der Waals surface area contributed by atoms with Gasteiger partial charge in [0.2, 0.25) is 5.91 Å². The maximum atomic E-state index is 12.7. The average Bonchev–Trinajstić information content (AvgIpc) is 2.97. The van der Waals surface area contributed by atoms with Crippen LogP contribution in [0.2, 0.25) is 0 Å². The second kappa shape index (κ2) is 8.35. The van der Waals surface area contributed by atoms with E-state index in [0.29, 0.717) is 13.0 Å². The lowest BCUT2D eigenvalue weighted by Crippen LogP contribution is -2.35. The van der Waals surface area contributed by atoms with Crippen LogP contribution in [0.3, 0.4) is 0 Å². The van der Waals surface area contributed by atoms with Crippen molar-refractivity contribution in [3.63, 3.8) is 0 Å². The van der Waals surface area contributed by atoms with Gasteiger partial charge in [-0.25, -0.2) is 4.98 Å². The summed E-state index contributed by atoms with van der Waals surface area (Å²) in [4.78, 5) is 21.6. The van der Waals surface area contributed by atoms with Gasteiger partial charge in [-0.3, -0.25) is 9.69 Å². The molecule has 0 spiro atoms. The molecule has 1 saturated heterocycles. The number of rotatable bonds is 5. The summed E-state index contributed by atoms with van der Waals surface area (Å²) in [5, 5.41) is 0. The molecule has 0 radical (unpaired) electrons. The first kappa shape index (κ1) is 17.7. The lowest BCUT2D eigenvalue weighted by molar-refractivity contribution is -0.131. The Hall–Kier alpha value is -2.66. The Morgan fingerprint density at radius 3 is 2.63 bits per heavy atom. The Kier molecular flexibility index (Phi) is 5.49. The van der Waals surface area contributed by atoms with Crippen molar-refractivity contribution in [1.82, 2.24) is 19.4 Å². The molecule has 0 unspecified atom stereocenters. The number of benzene rings is 2. The van der Waals surface area contributed by atoms with Gasteiger partial charge in [-0.2, -0.15) is 0 Å². The highest BCUT2D eigenvalue weighted by Gasteiger charge is 2.19. The van der Waals surface area contributed by atoms with Crippen molar-refractivity contribution in [2.75, 3.05) is 26.2 Å². The smallest absolute Gasteiger partial charge is 0.224 e. The number of aromatic nitrogens is 2. The Bertz CT molecular complexity index is 889. The van der Waals surface area contributed by atoms with Crippen molar-refractivity contribution >= 4 is 16.9 Å². The molecule has 27 heavy (non-hydrogen) atoms. The highest BCUT2D eigenvalue weighted by atomic mass is 16.2. The Morgan fingerprint density at radius 2 is 1.74 bits per heavy atom. The monoisotopic (exact) mass is 362 g/mol. The molecule has 1 fully saturated rings. The lowest BCUT2D eigenvalue weighted by Gasteiger charge is -2.22. The third-order valence-electron chi connectivity index (χ3n) is 5.28. The van der Waals surface area contributed by atoms with E-state index >= 15 is 0 Å². The van der Waals surface area contributed by atoms with E-state index in [4.69, 9.17) is 0 Å². The second-order valence-electron chi connectivity index (χ2n) is 7.17. The van der Waals surface area contributed by atoms with Crippen LogP contribution in [0.5, 0.6) is 0 Å². The number of para-hydroxylation sites is 2. The third kappa shape index (κ3) is 4.37. The first-order valence-electron chi connectivity index (χ1n) is 9.73. The van der Waals surface area contributed by atoms with Gasteiger partial charge < -0.3 is 9.47 Å². The van der Waals surface area contributed by atoms with Crippen molar-refractivity contribution in [1.29, 1.82) is 0 Å². The summed E-state index contributed by atoms with van der Waals surface area (Å²) < 4.78 is 2.08. The quantitative estimate of drug-likeness (QED) is 0.700. The highest BCUT2D eigenvalue weighted by Crippen LogP contribution is 2.14. The molecule has 140 valence electrons. The summed E-state index contributed by atoms with van der Waals surface area (Å²) >= 11 is 0. The number of carbonyl (C=O) groups excluding carboxylic acids is 1. The predicted molar refractivity (Wildman–Crippen MR) is 107 cm³/mol. The minimum Gasteiger partial charge on any atom is -0.341 e. The van der Waals surface area contributed by atoms with E-state index in [2.05, 4.69) is 50.8 Å². The van der Waals surface area contributed by atoms with Crippen molar-refractivity contribution in [3.05, 3.63) is 66.5 Å².